The van der Waals surface area contributed by atoms with Crippen LogP contribution in [0.3, 0.4) is 0 Å². The Kier molecular flexibility index (Phi) is 4.03. The molecule has 0 saturated heterocycles. The molecule has 1 heterocycles. The van der Waals surface area contributed by atoms with Crippen LogP contribution in [0.25, 0.3) is 0 Å². The highest BCUT2D eigenvalue weighted by molar-refractivity contribution is 7.08. The van der Waals surface area contributed by atoms with Crippen molar-refractivity contribution in [2.75, 3.05) is 0 Å². The van der Waals surface area contributed by atoms with Crippen LogP contribution in [-0.2, 0) is 5.41 Å². The quantitative estimate of drug-likeness (QED) is 0.778. The summed E-state index contributed by atoms with van der Waals surface area (Å²) < 4.78 is 10.1. The maximum absolute atomic E-state index is 9.36. The largest absolute Gasteiger partial charge is 0.442 e. The molecule has 2 rings (SSSR count). The molecule has 0 saturated carbocycles. The van der Waals surface area contributed by atoms with Crippen molar-refractivity contribution in [3.05, 3.63) is 40.0 Å². The summed E-state index contributed by atoms with van der Waals surface area (Å²) in [6, 6.07) is 7.72. The molecule has 1 aromatic heterocycles. The SMILES string of the molecule is Cc1ccc(Cl)c(Oc2snc(C(C)(C)C)c2C#N)c1. The molecule has 3 nitrogen and oxygen atoms in total. The summed E-state index contributed by atoms with van der Waals surface area (Å²) in [5.74, 6) is 0.548. The molecule has 0 spiro atoms. The highest BCUT2D eigenvalue weighted by Crippen LogP contribution is 2.38. The van der Waals surface area contributed by atoms with E-state index in [2.05, 4.69) is 10.4 Å². The second-order valence-electron chi connectivity index (χ2n) is 5.59. The Labute approximate surface area is 127 Å². The van der Waals surface area contributed by atoms with Gasteiger partial charge in [-0.2, -0.15) is 9.64 Å². The van der Waals surface area contributed by atoms with Crippen molar-refractivity contribution in [2.45, 2.75) is 33.1 Å². The van der Waals surface area contributed by atoms with Crippen LogP contribution in [0.4, 0.5) is 0 Å². The molecule has 104 valence electrons. The van der Waals surface area contributed by atoms with Crippen LogP contribution in [0.1, 0.15) is 37.6 Å². The zero-order chi connectivity index (χ0) is 14.9. The average Bonchev–Trinajstić information content (AvgIpc) is 2.76. The van der Waals surface area contributed by atoms with Gasteiger partial charge >= 0.3 is 0 Å². The fourth-order valence-corrected chi connectivity index (χ4v) is 2.80. The number of hydrogen-bond donors (Lipinski definition) is 0. The Morgan fingerprint density at radius 1 is 1.35 bits per heavy atom. The van der Waals surface area contributed by atoms with Crippen LogP contribution >= 0.6 is 23.1 Å². The zero-order valence-electron chi connectivity index (χ0n) is 11.8. The summed E-state index contributed by atoms with van der Waals surface area (Å²) in [5, 5.41) is 10.4. The number of nitrogens with zero attached hydrogens (tertiary/aromatic N) is 2. The summed E-state index contributed by atoms with van der Waals surface area (Å²) in [6.07, 6.45) is 0. The molecule has 0 aliphatic rings. The standard InChI is InChI=1S/C15H15ClN2OS/c1-9-5-6-11(16)12(7-9)19-14-10(8-17)13(18-20-14)15(2,3)4/h5-7H,1-4H3. The number of rotatable bonds is 2. The lowest BCUT2D eigenvalue weighted by Gasteiger charge is -2.15. The highest BCUT2D eigenvalue weighted by atomic mass is 35.5. The van der Waals surface area contributed by atoms with E-state index in [4.69, 9.17) is 16.3 Å². The first kappa shape index (κ1) is 14.8. The molecule has 0 bridgehead atoms. The Morgan fingerprint density at radius 3 is 2.65 bits per heavy atom. The lowest BCUT2D eigenvalue weighted by atomic mass is 9.90. The van der Waals surface area contributed by atoms with Gasteiger partial charge in [0.05, 0.1) is 10.7 Å². The van der Waals surface area contributed by atoms with Crippen molar-refractivity contribution in [3.63, 3.8) is 0 Å². The second kappa shape index (κ2) is 5.43. The summed E-state index contributed by atoms with van der Waals surface area (Å²) in [4.78, 5) is 0. The molecule has 0 unspecified atom stereocenters. The van der Waals surface area contributed by atoms with E-state index in [0.29, 0.717) is 21.4 Å². The van der Waals surface area contributed by atoms with E-state index in [9.17, 15) is 5.26 Å². The first-order valence-electron chi connectivity index (χ1n) is 6.17. The van der Waals surface area contributed by atoms with Gasteiger partial charge in [0.25, 0.3) is 0 Å². The summed E-state index contributed by atoms with van der Waals surface area (Å²) >= 11 is 7.30. The van der Waals surface area contributed by atoms with Crippen LogP contribution in [0, 0.1) is 18.3 Å². The molecule has 1 aromatic carbocycles. The molecule has 2 aromatic rings. The molecule has 0 aliphatic heterocycles. The van der Waals surface area contributed by atoms with Gasteiger partial charge in [-0.25, -0.2) is 0 Å². The number of nitriles is 1. The maximum Gasteiger partial charge on any atom is 0.218 e. The summed E-state index contributed by atoms with van der Waals surface area (Å²) in [7, 11) is 0. The van der Waals surface area contributed by atoms with Gasteiger partial charge in [0.2, 0.25) is 5.06 Å². The van der Waals surface area contributed by atoms with Crippen molar-refractivity contribution < 1.29 is 4.74 Å². The van der Waals surface area contributed by atoms with E-state index < -0.39 is 0 Å². The Bertz CT molecular complexity index is 680. The number of benzene rings is 1. The molecular formula is C15H15ClN2OS. The van der Waals surface area contributed by atoms with Crippen LogP contribution in [-0.4, -0.2) is 4.37 Å². The Morgan fingerprint density at radius 2 is 2.05 bits per heavy atom. The lowest BCUT2D eigenvalue weighted by Crippen LogP contribution is -2.13. The van der Waals surface area contributed by atoms with E-state index in [1.54, 1.807) is 6.07 Å². The Hall–Kier alpha value is -1.57. The minimum atomic E-state index is -0.195. The van der Waals surface area contributed by atoms with Gasteiger partial charge in [0.15, 0.2) is 0 Å². The van der Waals surface area contributed by atoms with Gasteiger partial charge in [-0.05, 0) is 24.6 Å². The van der Waals surface area contributed by atoms with Crippen molar-refractivity contribution >= 4 is 23.1 Å². The summed E-state index contributed by atoms with van der Waals surface area (Å²) in [6.45, 7) is 8.02. The van der Waals surface area contributed by atoms with Crippen LogP contribution in [0.5, 0.6) is 10.8 Å². The maximum atomic E-state index is 9.36. The Balaban J connectivity index is 2.43. The third kappa shape index (κ3) is 2.95. The van der Waals surface area contributed by atoms with Crippen molar-refractivity contribution in [2.24, 2.45) is 0 Å². The second-order valence-corrected chi connectivity index (χ2v) is 6.73. The lowest BCUT2D eigenvalue weighted by molar-refractivity contribution is 0.491. The first-order chi connectivity index (χ1) is 9.32. The molecule has 20 heavy (non-hydrogen) atoms. The smallest absolute Gasteiger partial charge is 0.218 e. The molecular weight excluding hydrogens is 292 g/mol. The third-order valence-corrected chi connectivity index (χ3v) is 3.81. The van der Waals surface area contributed by atoms with Gasteiger partial charge in [-0.15, -0.1) is 0 Å². The van der Waals surface area contributed by atoms with Gasteiger partial charge in [0.1, 0.15) is 17.4 Å². The van der Waals surface area contributed by atoms with Gasteiger partial charge in [-0.1, -0.05) is 38.4 Å². The number of aromatic nitrogens is 1. The van der Waals surface area contributed by atoms with Crippen LogP contribution in [0.2, 0.25) is 5.02 Å². The predicted octanol–water partition coefficient (Wildman–Crippen LogP) is 5.07. The van der Waals surface area contributed by atoms with Crippen molar-refractivity contribution in [3.8, 4) is 16.9 Å². The summed E-state index contributed by atoms with van der Waals surface area (Å²) in [5.41, 5.74) is 2.09. The molecule has 0 radical (unpaired) electrons. The fraction of sp³-hybridized carbons (Fsp3) is 0.333. The predicted molar refractivity (Wildman–Crippen MR) is 81.8 cm³/mol. The average molecular weight is 307 g/mol. The number of hydrogen-bond acceptors (Lipinski definition) is 4. The monoisotopic (exact) mass is 306 g/mol. The van der Waals surface area contributed by atoms with Gasteiger partial charge in [-0.3, -0.25) is 0 Å². The molecule has 0 aliphatic carbocycles. The molecule has 0 atom stereocenters. The number of ether oxygens (including phenoxy) is 1. The van der Waals surface area contributed by atoms with E-state index in [0.717, 1.165) is 11.3 Å². The molecule has 0 amide bonds. The third-order valence-electron chi connectivity index (χ3n) is 2.77. The first-order valence-corrected chi connectivity index (χ1v) is 7.32. The fourth-order valence-electron chi connectivity index (χ4n) is 1.74. The van der Waals surface area contributed by atoms with Gasteiger partial charge < -0.3 is 4.74 Å². The number of aryl methyl sites for hydroxylation is 1. The number of halogens is 1. The molecule has 0 fully saturated rings. The minimum absolute atomic E-state index is 0.195. The van der Waals surface area contributed by atoms with E-state index in [1.165, 1.54) is 11.5 Å². The van der Waals surface area contributed by atoms with Crippen molar-refractivity contribution in [1.82, 2.24) is 4.37 Å². The van der Waals surface area contributed by atoms with Crippen molar-refractivity contribution in [1.29, 1.82) is 5.26 Å². The minimum Gasteiger partial charge on any atom is -0.442 e. The normalized spacial score (nSPS) is 11.2. The van der Waals surface area contributed by atoms with E-state index in [-0.39, 0.29) is 5.41 Å². The molecule has 0 N–H and O–H groups in total. The highest BCUT2D eigenvalue weighted by Gasteiger charge is 2.26. The van der Waals surface area contributed by atoms with Gasteiger partial charge in [0, 0.05) is 16.9 Å². The van der Waals surface area contributed by atoms with Crippen LogP contribution < -0.4 is 4.74 Å². The van der Waals surface area contributed by atoms with E-state index >= 15 is 0 Å². The van der Waals surface area contributed by atoms with E-state index in [1.807, 2.05) is 39.8 Å². The van der Waals surface area contributed by atoms with Crippen LogP contribution in [0.15, 0.2) is 18.2 Å². The zero-order valence-corrected chi connectivity index (χ0v) is 13.4. The topological polar surface area (TPSA) is 45.9 Å². The molecule has 5 heteroatoms.